The quantitative estimate of drug-likeness (QED) is 0.760. The van der Waals surface area contributed by atoms with E-state index in [1.807, 2.05) is 61.2 Å². The van der Waals surface area contributed by atoms with Crippen LogP contribution in [0.2, 0.25) is 0 Å². The first-order valence-electron chi connectivity index (χ1n) is 10.2. The van der Waals surface area contributed by atoms with Crippen LogP contribution in [0.1, 0.15) is 12.5 Å². The van der Waals surface area contributed by atoms with Crippen molar-refractivity contribution in [1.29, 1.82) is 0 Å². The molecule has 7 heteroatoms. The highest BCUT2D eigenvalue weighted by Gasteiger charge is 2.32. The van der Waals surface area contributed by atoms with Gasteiger partial charge in [0.1, 0.15) is 6.54 Å². The molecule has 4 rings (SSSR count). The molecular formula is C23H26N4O2S. The number of hydrogen-bond donors (Lipinski definition) is 0. The van der Waals surface area contributed by atoms with E-state index in [2.05, 4.69) is 22.0 Å². The smallest absolute Gasteiger partial charge is 0.254 e. The molecule has 0 unspecified atom stereocenters. The molecule has 1 atom stereocenters. The number of carbonyl (C=O) groups excluding carboxylic acids is 2. The van der Waals surface area contributed by atoms with Gasteiger partial charge in [0.05, 0.1) is 10.9 Å². The lowest BCUT2D eigenvalue weighted by atomic mass is 10.2. The van der Waals surface area contributed by atoms with E-state index in [0.29, 0.717) is 18.3 Å². The average Bonchev–Trinajstić information content (AvgIpc) is 3.14. The van der Waals surface area contributed by atoms with Crippen molar-refractivity contribution < 1.29 is 9.59 Å². The summed E-state index contributed by atoms with van der Waals surface area (Å²) in [6.45, 7) is 7.08. The summed E-state index contributed by atoms with van der Waals surface area (Å²) in [7, 11) is 0. The highest BCUT2D eigenvalue weighted by Crippen LogP contribution is 2.27. The van der Waals surface area contributed by atoms with Crippen LogP contribution in [-0.4, -0.2) is 59.9 Å². The van der Waals surface area contributed by atoms with Crippen LogP contribution >= 0.6 is 11.8 Å². The van der Waals surface area contributed by atoms with Crippen LogP contribution in [-0.2, 0) is 9.59 Å². The van der Waals surface area contributed by atoms with Crippen molar-refractivity contribution in [2.45, 2.75) is 19.1 Å². The molecule has 0 saturated carbocycles. The molecule has 0 radical (unpaired) electrons. The van der Waals surface area contributed by atoms with Gasteiger partial charge in [0.15, 0.2) is 5.17 Å². The van der Waals surface area contributed by atoms with Crippen LogP contribution in [0.15, 0.2) is 59.6 Å². The Morgan fingerprint density at radius 3 is 2.30 bits per heavy atom. The number of rotatable bonds is 4. The zero-order chi connectivity index (χ0) is 21.1. The first-order chi connectivity index (χ1) is 14.5. The van der Waals surface area contributed by atoms with Gasteiger partial charge in [-0.05, 0) is 38.1 Å². The lowest BCUT2D eigenvalue weighted by molar-refractivity contribution is -0.130. The summed E-state index contributed by atoms with van der Waals surface area (Å²) in [5.74, 6) is 0.0381. The summed E-state index contributed by atoms with van der Waals surface area (Å²) in [6, 6.07) is 18.1. The van der Waals surface area contributed by atoms with Gasteiger partial charge in [0, 0.05) is 31.9 Å². The van der Waals surface area contributed by atoms with Gasteiger partial charge in [-0.1, -0.05) is 47.7 Å². The third-order valence-electron chi connectivity index (χ3n) is 5.43. The van der Waals surface area contributed by atoms with Crippen LogP contribution in [0.4, 0.5) is 11.4 Å². The predicted octanol–water partition coefficient (Wildman–Crippen LogP) is 3.17. The SMILES string of the molecule is Cc1ccc(N2C(=O)CN=C2S[C@H](C)C(=O)N2CCN(c3ccccc3)CC2)cc1. The van der Waals surface area contributed by atoms with Crippen molar-refractivity contribution in [2.75, 3.05) is 42.5 Å². The first kappa shape index (κ1) is 20.5. The molecule has 2 aromatic rings. The molecule has 2 aromatic carbocycles. The fourth-order valence-electron chi connectivity index (χ4n) is 3.71. The van der Waals surface area contributed by atoms with Crippen LogP contribution in [0.3, 0.4) is 0 Å². The third kappa shape index (κ3) is 4.36. The molecule has 2 aliphatic rings. The Labute approximate surface area is 181 Å². The molecule has 2 aliphatic heterocycles. The highest BCUT2D eigenvalue weighted by atomic mass is 32.2. The lowest BCUT2D eigenvalue weighted by Gasteiger charge is -2.37. The molecule has 2 amide bonds. The van der Waals surface area contributed by atoms with Gasteiger partial charge >= 0.3 is 0 Å². The number of amides is 2. The number of para-hydroxylation sites is 1. The van der Waals surface area contributed by atoms with Crippen LogP contribution < -0.4 is 9.80 Å². The standard InChI is InChI=1S/C23H26N4O2S/c1-17-8-10-20(11-9-17)27-21(28)16-24-23(27)30-18(2)22(29)26-14-12-25(13-15-26)19-6-4-3-5-7-19/h3-11,18H,12-16H2,1-2H3/t18-/m1/s1. The number of benzene rings is 2. The highest BCUT2D eigenvalue weighted by molar-refractivity contribution is 8.15. The first-order valence-corrected chi connectivity index (χ1v) is 11.1. The average molecular weight is 423 g/mol. The third-order valence-corrected chi connectivity index (χ3v) is 6.50. The monoisotopic (exact) mass is 422 g/mol. The number of aliphatic imine (C=N–C) groups is 1. The van der Waals surface area contributed by atoms with Gasteiger partial charge in [-0.25, -0.2) is 0 Å². The fraction of sp³-hybridized carbons (Fsp3) is 0.348. The zero-order valence-corrected chi connectivity index (χ0v) is 18.1. The van der Waals surface area contributed by atoms with Crippen molar-refractivity contribution in [3.8, 4) is 0 Å². The minimum absolute atomic E-state index is 0.0579. The number of thioether (sulfide) groups is 1. The van der Waals surface area contributed by atoms with E-state index in [1.54, 1.807) is 4.90 Å². The van der Waals surface area contributed by atoms with Gasteiger partial charge < -0.3 is 9.80 Å². The largest absolute Gasteiger partial charge is 0.368 e. The fourth-order valence-corrected chi connectivity index (χ4v) is 4.73. The summed E-state index contributed by atoms with van der Waals surface area (Å²) in [5.41, 5.74) is 3.12. The number of anilines is 2. The number of hydrogen-bond acceptors (Lipinski definition) is 5. The number of piperazine rings is 1. The molecule has 0 aromatic heterocycles. The molecule has 1 fully saturated rings. The maximum absolute atomic E-state index is 13.0. The van der Waals surface area contributed by atoms with Crippen molar-refractivity contribution in [1.82, 2.24) is 4.90 Å². The van der Waals surface area contributed by atoms with Gasteiger partial charge in [-0.15, -0.1) is 0 Å². The molecule has 0 aliphatic carbocycles. The minimum atomic E-state index is -0.300. The predicted molar refractivity (Wildman–Crippen MR) is 123 cm³/mol. The molecule has 6 nitrogen and oxygen atoms in total. The van der Waals surface area contributed by atoms with Gasteiger partial charge in [-0.3, -0.25) is 19.5 Å². The Hall–Kier alpha value is -2.80. The normalized spacial score (nSPS) is 17.9. The van der Waals surface area contributed by atoms with Crippen molar-refractivity contribution in [3.05, 3.63) is 60.2 Å². The lowest BCUT2D eigenvalue weighted by Crippen LogP contribution is -2.51. The van der Waals surface area contributed by atoms with Crippen LogP contribution in [0.25, 0.3) is 0 Å². The number of carbonyl (C=O) groups is 2. The second kappa shape index (κ2) is 8.92. The second-order valence-electron chi connectivity index (χ2n) is 7.57. The van der Waals surface area contributed by atoms with Gasteiger partial charge in [0.2, 0.25) is 5.91 Å². The zero-order valence-electron chi connectivity index (χ0n) is 17.3. The van der Waals surface area contributed by atoms with E-state index < -0.39 is 0 Å². The Kier molecular flexibility index (Phi) is 6.08. The number of nitrogens with zero attached hydrogens (tertiary/aromatic N) is 4. The summed E-state index contributed by atoms with van der Waals surface area (Å²) in [6.07, 6.45) is 0. The summed E-state index contributed by atoms with van der Waals surface area (Å²) in [4.78, 5) is 35.7. The van der Waals surface area contributed by atoms with Gasteiger partial charge in [-0.2, -0.15) is 0 Å². The van der Waals surface area contributed by atoms with E-state index in [-0.39, 0.29) is 23.6 Å². The summed E-state index contributed by atoms with van der Waals surface area (Å²) < 4.78 is 0. The maximum atomic E-state index is 13.0. The minimum Gasteiger partial charge on any atom is -0.368 e. The van der Waals surface area contributed by atoms with E-state index in [1.165, 1.54) is 17.4 Å². The van der Waals surface area contributed by atoms with E-state index in [0.717, 1.165) is 24.3 Å². The molecule has 0 spiro atoms. The Morgan fingerprint density at radius 2 is 1.63 bits per heavy atom. The number of amidine groups is 1. The van der Waals surface area contributed by atoms with Crippen molar-refractivity contribution >= 4 is 40.1 Å². The summed E-state index contributed by atoms with van der Waals surface area (Å²) >= 11 is 1.37. The topological polar surface area (TPSA) is 56.2 Å². The maximum Gasteiger partial charge on any atom is 0.254 e. The van der Waals surface area contributed by atoms with Gasteiger partial charge in [0.25, 0.3) is 5.91 Å². The van der Waals surface area contributed by atoms with E-state index in [4.69, 9.17) is 0 Å². The molecule has 0 bridgehead atoms. The Morgan fingerprint density at radius 1 is 0.967 bits per heavy atom. The van der Waals surface area contributed by atoms with Crippen LogP contribution in [0.5, 0.6) is 0 Å². The molecule has 30 heavy (non-hydrogen) atoms. The molecule has 2 heterocycles. The number of aryl methyl sites for hydroxylation is 1. The Balaban J connectivity index is 1.36. The molecule has 156 valence electrons. The van der Waals surface area contributed by atoms with Crippen molar-refractivity contribution in [2.24, 2.45) is 4.99 Å². The Bertz CT molecular complexity index is 937. The van der Waals surface area contributed by atoms with Crippen molar-refractivity contribution in [3.63, 3.8) is 0 Å². The molecule has 1 saturated heterocycles. The van der Waals surface area contributed by atoms with E-state index >= 15 is 0 Å². The molecule has 0 N–H and O–H groups in total. The molecular weight excluding hydrogens is 396 g/mol. The van der Waals surface area contributed by atoms with Crippen LogP contribution in [0, 0.1) is 6.92 Å². The van der Waals surface area contributed by atoms with E-state index in [9.17, 15) is 9.59 Å². The second-order valence-corrected chi connectivity index (χ2v) is 8.88. The summed E-state index contributed by atoms with van der Waals surface area (Å²) in [5, 5.41) is 0.304.